The number of aliphatic hydroxyl groups is 1. The van der Waals surface area contributed by atoms with Gasteiger partial charge in [0.05, 0.1) is 6.61 Å². The fraction of sp³-hybridized carbons (Fsp3) is 0.167. The van der Waals surface area contributed by atoms with Gasteiger partial charge in [-0.15, -0.1) is 0 Å². The van der Waals surface area contributed by atoms with Crippen LogP contribution in [0.5, 0.6) is 5.75 Å². The summed E-state index contributed by atoms with van der Waals surface area (Å²) in [5.41, 5.74) is 1.91. The smallest absolute Gasteiger partial charge is 0.127 e. The summed E-state index contributed by atoms with van der Waals surface area (Å²) in [5, 5.41) is 8.65. The standard InChI is InChI=1S/C12H14O2/c1-3-10-5-6-11(4-2)12(9-10)14-8-7-13/h3-6,9,13H,1-2,7-8H2. The molecule has 1 rings (SSSR count). The van der Waals surface area contributed by atoms with Crippen LogP contribution in [0.2, 0.25) is 0 Å². The minimum atomic E-state index is 0.00883. The maximum atomic E-state index is 8.65. The zero-order valence-electron chi connectivity index (χ0n) is 8.07. The van der Waals surface area contributed by atoms with Gasteiger partial charge in [-0.2, -0.15) is 0 Å². The lowest BCUT2D eigenvalue weighted by Gasteiger charge is -2.08. The SMILES string of the molecule is C=Cc1ccc(C=C)c(OCCO)c1. The molecule has 1 aromatic rings. The largest absolute Gasteiger partial charge is 0.491 e. The van der Waals surface area contributed by atoms with Crippen molar-refractivity contribution in [2.24, 2.45) is 0 Å². The maximum absolute atomic E-state index is 8.65. The average molecular weight is 190 g/mol. The maximum Gasteiger partial charge on any atom is 0.127 e. The lowest BCUT2D eigenvalue weighted by molar-refractivity contribution is 0.201. The minimum Gasteiger partial charge on any atom is -0.491 e. The average Bonchev–Trinajstić information content (AvgIpc) is 2.25. The van der Waals surface area contributed by atoms with E-state index >= 15 is 0 Å². The first-order valence-electron chi connectivity index (χ1n) is 4.44. The summed E-state index contributed by atoms with van der Waals surface area (Å²) < 4.78 is 5.35. The van der Waals surface area contributed by atoms with E-state index in [0.717, 1.165) is 16.9 Å². The van der Waals surface area contributed by atoms with E-state index in [-0.39, 0.29) is 6.61 Å². The van der Waals surface area contributed by atoms with Gasteiger partial charge in [-0.25, -0.2) is 0 Å². The van der Waals surface area contributed by atoms with Gasteiger partial charge in [-0.3, -0.25) is 0 Å². The van der Waals surface area contributed by atoms with Gasteiger partial charge in [0.15, 0.2) is 0 Å². The molecule has 0 radical (unpaired) electrons. The monoisotopic (exact) mass is 190 g/mol. The van der Waals surface area contributed by atoms with Gasteiger partial charge in [0.2, 0.25) is 0 Å². The van der Waals surface area contributed by atoms with E-state index in [2.05, 4.69) is 13.2 Å². The molecular formula is C12H14O2. The van der Waals surface area contributed by atoms with Crippen LogP contribution >= 0.6 is 0 Å². The number of ether oxygens (including phenoxy) is 1. The van der Waals surface area contributed by atoms with Gasteiger partial charge in [-0.05, 0) is 11.6 Å². The molecule has 0 atom stereocenters. The molecule has 74 valence electrons. The van der Waals surface area contributed by atoms with Crippen molar-refractivity contribution in [2.75, 3.05) is 13.2 Å². The van der Waals surface area contributed by atoms with E-state index in [4.69, 9.17) is 9.84 Å². The van der Waals surface area contributed by atoms with Crippen LogP contribution in [-0.4, -0.2) is 18.3 Å². The molecule has 0 aliphatic heterocycles. The van der Waals surface area contributed by atoms with Crippen molar-refractivity contribution in [3.8, 4) is 5.75 Å². The van der Waals surface area contributed by atoms with Gasteiger partial charge >= 0.3 is 0 Å². The Morgan fingerprint density at radius 2 is 2.07 bits per heavy atom. The summed E-state index contributed by atoms with van der Waals surface area (Å²) in [4.78, 5) is 0. The van der Waals surface area contributed by atoms with Crippen molar-refractivity contribution < 1.29 is 9.84 Å². The summed E-state index contributed by atoms with van der Waals surface area (Å²) in [5.74, 6) is 0.728. The van der Waals surface area contributed by atoms with Crippen LogP contribution in [0.1, 0.15) is 11.1 Å². The van der Waals surface area contributed by atoms with E-state index in [1.807, 2.05) is 18.2 Å². The Hall–Kier alpha value is -1.54. The highest BCUT2D eigenvalue weighted by molar-refractivity contribution is 5.61. The first kappa shape index (κ1) is 10.5. The Labute approximate surface area is 84.1 Å². The first-order chi connectivity index (χ1) is 6.81. The number of aliphatic hydroxyl groups excluding tert-OH is 1. The molecule has 1 aromatic carbocycles. The first-order valence-corrected chi connectivity index (χ1v) is 4.44. The molecule has 2 heteroatoms. The van der Waals surface area contributed by atoms with Gasteiger partial charge < -0.3 is 9.84 Å². The van der Waals surface area contributed by atoms with E-state index in [1.54, 1.807) is 12.2 Å². The topological polar surface area (TPSA) is 29.5 Å². The van der Waals surface area contributed by atoms with Gasteiger partial charge in [-0.1, -0.05) is 37.4 Å². The van der Waals surface area contributed by atoms with Crippen molar-refractivity contribution in [2.45, 2.75) is 0 Å². The number of benzene rings is 1. The fourth-order valence-corrected chi connectivity index (χ4v) is 1.13. The molecule has 0 saturated heterocycles. The number of hydrogen-bond donors (Lipinski definition) is 1. The Morgan fingerprint density at radius 3 is 2.64 bits per heavy atom. The second-order valence-electron chi connectivity index (χ2n) is 2.78. The second kappa shape index (κ2) is 5.25. The number of hydrogen-bond acceptors (Lipinski definition) is 2. The molecule has 0 spiro atoms. The van der Waals surface area contributed by atoms with Gasteiger partial charge in [0.1, 0.15) is 12.4 Å². The summed E-state index contributed by atoms with van der Waals surface area (Å²) in [6.45, 7) is 7.67. The predicted octanol–water partition coefficient (Wildman–Crippen LogP) is 2.34. The minimum absolute atomic E-state index is 0.00883. The van der Waals surface area contributed by atoms with Crippen LogP contribution in [0, 0.1) is 0 Å². The van der Waals surface area contributed by atoms with Crippen molar-refractivity contribution in [3.63, 3.8) is 0 Å². The molecule has 14 heavy (non-hydrogen) atoms. The molecule has 0 heterocycles. The van der Waals surface area contributed by atoms with E-state index in [0.29, 0.717) is 6.61 Å². The summed E-state index contributed by atoms with van der Waals surface area (Å²) in [6.07, 6.45) is 3.47. The van der Waals surface area contributed by atoms with E-state index in [1.165, 1.54) is 0 Å². The Balaban J connectivity index is 2.95. The molecule has 0 aliphatic carbocycles. The third-order valence-corrected chi connectivity index (χ3v) is 1.84. The zero-order chi connectivity index (χ0) is 10.4. The van der Waals surface area contributed by atoms with Crippen molar-refractivity contribution in [1.82, 2.24) is 0 Å². The molecule has 0 saturated carbocycles. The molecule has 1 N–H and O–H groups in total. The van der Waals surface area contributed by atoms with Crippen LogP contribution in [0.15, 0.2) is 31.4 Å². The summed E-state index contributed by atoms with van der Waals surface area (Å²) in [6, 6.07) is 5.73. The summed E-state index contributed by atoms with van der Waals surface area (Å²) in [7, 11) is 0. The Kier molecular flexibility index (Phi) is 3.95. The molecule has 0 aliphatic rings. The van der Waals surface area contributed by atoms with Crippen molar-refractivity contribution in [3.05, 3.63) is 42.5 Å². The Morgan fingerprint density at radius 1 is 1.29 bits per heavy atom. The van der Waals surface area contributed by atoms with E-state index < -0.39 is 0 Å². The molecule has 0 bridgehead atoms. The molecule has 0 fully saturated rings. The lowest BCUT2D eigenvalue weighted by Crippen LogP contribution is -2.02. The van der Waals surface area contributed by atoms with Gasteiger partial charge in [0, 0.05) is 5.56 Å². The third-order valence-electron chi connectivity index (χ3n) is 1.84. The highest BCUT2D eigenvalue weighted by Gasteiger charge is 2.00. The molecule has 0 aromatic heterocycles. The van der Waals surface area contributed by atoms with Crippen LogP contribution in [-0.2, 0) is 0 Å². The highest BCUT2D eigenvalue weighted by Crippen LogP contribution is 2.22. The fourth-order valence-electron chi connectivity index (χ4n) is 1.13. The molecular weight excluding hydrogens is 176 g/mol. The van der Waals surface area contributed by atoms with Crippen LogP contribution in [0.4, 0.5) is 0 Å². The van der Waals surface area contributed by atoms with Crippen LogP contribution in [0.25, 0.3) is 12.2 Å². The summed E-state index contributed by atoms with van der Waals surface area (Å²) >= 11 is 0. The number of rotatable bonds is 5. The Bertz CT molecular complexity index is 329. The van der Waals surface area contributed by atoms with Crippen molar-refractivity contribution >= 4 is 12.2 Å². The third kappa shape index (κ3) is 2.47. The molecule has 0 amide bonds. The highest BCUT2D eigenvalue weighted by atomic mass is 16.5. The van der Waals surface area contributed by atoms with Crippen molar-refractivity contribution in [1.29, 1.82) is 0 Å². The normalized spacial score (nSPS) is 9.50. The zero-order valence-corrected chi connectivity index (χ0v) is 8.07. The molecule has 0 unspecified atom stereocenters. The second-order valence-corrected chi connectivity index (χ2v) is 2.78. The van der Waals surface area contributed by atoms with Crippen LogP contribution < -0.4 is 4.74 Å². The van der Waals surface area contributed by atoms with E-state index in [9.17, 15) is 0 Å². The predicted molar refractivity (Wildman–Crippen MR) is 59.2 cm³/mol. The van der Waals surface area contributed by atoms with Crippen LogP contribution in [0.3, 0.4) is 0 Å². The molecule has 2 nitrogen and oxygen atoms in total. The van der Waals surface area contributed by atoms with Gasteiger partial charge in [0.25, 0.3) is 0 Å². The quantitative estimate of drug-likeness (QED) is 0.772. The lowest BCUT2D eigenvalue weighted by atomic mass is 10.1.